The third kappa shape index (κ3) is 2.35. The van der Waals surface area contributed by atoms with Crippen molar-refractivity contribution in [2.24, 2.45) is 11.8 Å². The number of hydrogen-bond donors (Lipinski definition) is 4. The molecule has 1 aliphatic heterocycles. The van der Waals surface area contributed by atoms with E-state index in [1.54, 1.807) is 6.20 Å². The summed E-state index contributed by atoms with van der Waals surface area (Å²) < 4.78 is 6.08. The normalized spacial score (nSPS) is 27.7. The van der Waals surface area contributed by atoms with Crippen LogP contribution in [0.3, 0.4) is 0 Å². The first-order valence-corrected chi connectivity index (χ1v) is 7.13. The van der Waals surface area contributed by atoms with Crippen LogP contribution in [0.5, 0.6) is 0 Å². The van der Waals surface area contributed by atoms with Gasteiger partial charge in [-0.3, -0.25) is 16.4 Å². The molecule has 2 aliphatic rings. The van der Waals surface area contributed by atoms with Crippen molar-refractivity contribution in [1.82, 2.24) is 15.6 Å². The van der Waals surface area contributed by atoms with Crippen LogP contribution in [-0.4, -0.2) is 22.4 Å². The van der Waals surface area contributed by atoms with Crippen molar-refractivity contribution in [2.45, 2.75) is 50.2 Å². The number of nitrogen functional groups attached to an aromatic ring is 1. The van der Waals surface area contributed by atoms with Crippen LogP contribution in [-0.2, 0) is 4.74 Å². The molecule has 2 heterocycles. The van der Waals surface area contributed by atoms with E-state index in [1.165, 1.54) is 25.7 Å². The van der Waals surface area contributed by atoms with Gasteiger partial charge in [-0.1, -0.05) is 12.8 Å². The predicted molar refractivity (Wildman–Crippen MR) is 72.9 cm³/mol. The molecule has 0 radical (unpaired) electrons. The maximum Gasteiger partial charge on any atom is 0.123 e. The zero-order chi connectivity index (χ0) is 13.3. The number of rotatable bonds is 3. The quantitative estimate of drug-likeness (QED) is 0.486. The molecular weight excluding hydrogens is 242 g/mol. The minimum Gasteiger partial charge on any atom is -0.384 e. The molecule has 2 fully saturated rings. The lowest BCUT2D eigenvalue weighted by molar-refractivity contribution is -0.0982. The minimum absolute atomic E-state index is 0.0557. The summed E-state index contributed by atoms with van der Waals surface area (Å²) in [7, 11) is 0. The zero-order valence-electron chi connectivity index (χ0n) is 11.2. The molecule has 19 heavy (non-hydrogen) atoms. The highest BCUT2D eigenvalue weighted by molar-refractivity contribution is 5.39. The largest absolute Gasteiger partial charge is 0.384 e. The fourth-order valence-electron chi connectivity index (χ4n) is 3.75. The van der Waals surface area contributed by atoms with Gasteiger partial charge in [0, 0.05) is 12.2 Å². The van der Waals surface area contributed by atoms with Gasteiger partial charge in [0.1, 0.15) is 5.82 Å². The molecule has 1 aliphatic carbocycles. The van der Waals surface area contributed by atoms with Crippen LogP contribution < -0.4 is 17.0 Å². The molecule has 3 rings (SSSR count). The van der Waals surface area contributed by atoms with Crippen molar-refractivity contribution in [3.8, 4) is 0 Å². The summed E-state index contributed by atoms with van der Waals surface area (Å²) in [5.74, 6) is 6.82. The van der Waals surface area contributed by atoms with Crippen molar-refractivity contribution in [1.29, 1.82) is 0 Å². The van der Waals surface area contributed by atoms with E-state index in [2.05, 4.69) is 15.6 Å². The standard InChI is InChI=1S/C13H23N5O/c14-12-10(8-16-18-12)11(17-15)9-3-6-19-13(7-9)4-1-2-5-13/h8-9,11,17H,1-7,15H2,(H3,14,16,18). The van der Waals surface area contributed by atoms with Crippen LogP contribution in [0.4, 0.5) is 5.82 Å². The molecule has 0 amide bonds. The fourth-order valence-corrected chi connectivity index (χ4v) is 3.75. The summed E-state index contributed by atoms with van der Waals surface area (Å²) in [4.78, 5) is 0. The number of aromatic amines is 1. The van der Waals surface area contributed by atoms with E-state index in [0.717, 1.165) is 25.0 Å². The van der Waals surface area contributed by atoms with Gasteiger partial charge in [-0.15, -0.1) is 0 Å². The summed E-state index contributed by atoms with van der Waals surface area (Å²) in [6, 6.07) is 0.0557. The lowest BCUT2D eigenvalue weighted by Crippen LogP contribution is -2.43. The first-order chi connectivity index (χ1) is 9.24. The Balaban J connectivity index is 1.78. The maximum absolute atomic E-state index is 6.08. The van der Waals surface area contributed by atoms with E-state index in [-0.39, 0.29) is 11.6 Å². The van der Waals surface area contributed by atoms with Crippen LogP contribution in [0.15, 0.2) is 6.20 Å². The fraction of sp³-hybridized carbons (Fsp3) is 0.769. The smallest absolute Gasteiger partial charge is 0.123 e. The van der Waals surface area contributed by atoms with Crippen molar-refractivity contribution in [3.63, 3.8) is 0 Å². The first kappa shape index (κ1) is 12.9. The third-order valence-corrected chi connectivity index (χ3v) is 4.73. The van der Waals surface area contributed by atoms with E-state index < -0.39 is 0 Å². The maximum atomic E-state index is 6.08. The molecular formula is C13H23N5O. The Hall–Kier alpha value is -1.11. The van der Waals surface area contributed by atoms with Crippen LogP contribution in [0.1, 0.15) is 50.1 Å². The van der Waals surface area contributed by atoms with Gasteiger partial charge in [-0.2, -0.15) is 5.10 Å². The van der Waals surface area contributed by atoms with Gasteiger partial charge in [-0.05, 0) is 31.6 Å². The number of H-pyrrole nitrogens is 1. The number of nitrogens with two attached hydrogens (primary N) is 2. The SMILES string of the molecule is NNC(c1cn[nH]c1N)C1CCOC2(CCCC2)C1. The van der Waals surface area contributed by atoms with Gasteiger partial charge in [0.15, 0.2) is 0 Å². The highest BCUT2D eigenvalue weighted by atomic mass is 16.5. The lowest BCUT2D eigenvalue weighted by Gasteiger charge is -2.41. The molecule has 2 atom stereocenters. The Morgan fingerprint density at radius 1 is 1.47 bits per heavy atom. The van der Waals surface area contributed by atoms with Crippen LogP contribution in [0.25, 0.3) is 0 Å². The average molecular weight is 265 g/mol. The number of anilines is 1. The van der Waals surface area contributed by atoms with Gasteiger partial charge >= 0.3 is 0 Å². The minimum atomic E-state index is 0.0557. The van der Waals surface area contributed by atoms with Gasteiger partial charge in [0.2, 0.25) is 0 Å². The third-order valence-electron chi connectivity index (χ3n) is 4.73. The summed E-state index contributed by atoms with van der Waals surface area (Å²) in [6.07, 6.45) is 8.77. The number of hydrogen-bond acceptors (Lipinski definition) is 5. The summed E-state index contributed by atoms with van der Waals surface area (Å²) in [6.45, 7) is 0.820. The molecule has 6 N–H and O–H groups in total. The molecule has 2 unspecified atom stereocenters. The topological polar surface area (TPSA) is 102 Å². The van der Waals surface area contributed by atoms with Gasteiger partial charge in [0.05, 0.1) is 17.8 Å². The van der Waals surface area contributed by atoms with Crippen LogP contribution in [0, 0.1) is 5.92 Å². The molecule has 1 spiro atoms. The number of ether oxygens (including phenoxy) is 1. The monoisotopic (exact) mass is 265 g/mol. The Morgan fingerprint density at radius 2 is 2.26 bits per heavy atom. The zero-order valence-corrected chi connectivity index (χ0v) is 11.2. The Labute approximate surface area is 113 Å². The first-order valence-electron chi connectivity index (χ1n) is 7.13. The Morgan fingerprint density at radius 3 is 2.89 bits per heavy atom. The Kier molecular flexibility index (Phi) is 3.47. The molecule has 6 heteroatoms. The van der Waals surface area contributed by atoms with E-state index in [0.29, 0.717) is 11.7 Å². The molecule has 106 valence electrons. The second kappa shape index (κ2) is 5.11. The summed E-state index contributed by atoms with van der Waals surface area (Å²) in [5.41, 5.74) is 9.92. The lowest BCUT2D eigenvalue weighted by atomic mass is 9.79. The van der Waals surface area contributed by atoms with E-state index in [4.69, 9.17) is 16.3 Å². The van der Waals surface area contributed by atoms with Gasteiger partial charge < -0.3 is 10.5 Å². The molecule has 1 aromatic rings. The van der Waals surface area contributed by atoms with E-state index in [9.17, 15) is 0 Å². The van der Waals surface area contributed by atoms with E-state index >= 15 is 0 Å². The highest BCUT2D eigenvalue weighted by Gasteiger charge is 2.42. The van der Waals surface area contributed by atoms with Crippen LogP contribution >= 0.6 is 0 Å². The molecule has 1 aromatic heterocycles. The van der Waals surface area contributed by atoms with Crippen molar-refractivity contribution in [2.75, 3.05) is 12.3 Å². The molecule has 0 aromatic carbocycles. The van der Waals surface area contributed by atoms with Gasteiger partial charge in [-0.25, -0.2) is 0 Å². The molecule has 1 saturated heterocycles. The second-order valence-corrected chi connectivity index (χ2v) is 5.87. The van der Waals surface area contributed by atoms with Crippen molar-refractivity contribution in [3.05, 3.63) is 11.8 Å². The Bertz CT molecular complexity index is 426. The predicted octanol–water partition coefficient (Wildman–Crippen LogP) is 1.24. The average Bonchev–Trinajstić information content (AvgIpc) is 3.02. The van der Waals surface area contributed by atoms with Crippen LogP contribution in [0.2, 0.25) is 0 Å². The summed E-state index contributed by atoms with van der Waals surface area (Å²) in [5, 5.41) is 6.78. The van der Waals surface area contributed by atoms with Crippen molar-refractivity contribution < 1.29 is 4.74 Å². The second-order valence-electron chi connectivity index (χ2n) is 5.87. The molecule has 6 nitrogen and oxygen atoms in total. The summed E-state index contributed by atoms with van der Waals surface area (Å²) >= 11 is 0. The van der Waals surface area contributed by atoms with Gasteiger partial charge in [0.25, 0.3) is 0 Å². The highest BCUT2D eigenvalue weighted by Crippen LogP contribution is 2.45. The molecule has 1 saturated carbocycles. The number of nitrogens with one attached hydrogen (secondary N) is 2. The number of nitrogens with zero attached hydrogens (tertiary/aromatic N) is 1. The van der Waals surface area contributed by atoms with Crippen molar-refractivity contribution >= 4 is 5.82 Å². The van der Waals surface area contributed by atoms with E-state index in [1.807, 2.05) is 0 Å². The molecule has 0 bridgehead atoms. The number of aromatic nitrogens is 2. The number of hydrazine groups is 1.